The molecule has 136 valence electrons. The third-order valence-electron chi connectivity index (χ3n) is 7.44. The third kappa shape index (κ3) is 2.12. The van der Waals surface area contributed by atoms with E-state index in [1.54, 1.807) is 6.26 Å². The van der Waals surface area contributed by atoms with Crippen molar-refractivity contribution in [2.24, 2.45) is 23.2 Å². The van der Waals surface area contributed by atoms with E-state index in [2.05, 4.69) is 19.2 Å². The molecule has 2 aliphatic carbocycles. The van der Waals surface area contributed by atoms with E-state index in [1.807, 2.05) is 12.1 Å². The zero-order valence-corrected chi connectivity index (χ0v) is 15.0. The molecule has 5 nitrogen and oxygen atoms in total. The molecule has 1 aromatic heterocycles. The smallest absolute Gasteiger partial charge is 0.311 e. The lowest BCUT2D eigenvalue weighted by Crippen LogP contribution is -2.54. The summed E-state index contributed by atoms with van der Waals surface area (Å²) >= 11 is 0. The molecule has 2 saturated heterocycles. The van der Waals surface area contributed by atoms with Gasteiger partial charge in [-0.25, -0.2) is 0 Å². The van der Waals surface area contributed by atoms with Crippen LogP contribution in [0.4, 0.5) is 0 Å². The largest absolute Gasteiger partial charge is 0.468 e. The highest BCUT2D eigenvalue weighted by Crippen LogP contribution is 2.70. The molecule has 25 heavy (non-hydrogen) atoms. The summed E-state index contributed by atoms with van der Waals surface area (Å²) in [7, 11) is 0. The lowest BCUT2D eigenvalue weighted by atomic mass is 9.53. The van der Waals surface area contributed by atoms with Crippen LogP contribution < -0.4 is 5.32 Å². The average molecular weight is 345 g/mol. The number of ether oxygens (including phenoxy) is 2. The van der Waals surface area contributed by atoms with Crippen molar-refractivity contribution in [2.75, 3.05) is 6.54 Å². The molecule has 2 saturated carbocycles. The zero-order chi connectivity index (χ0) is 17.2. The van der Waals surface area contributed by atoms with Crippen LogP contribution in [0.25, 0.3) is 0 Å². The molecule has 3 heterocycles. The van der Waals surface area contributed by atoms with E-state index in [0.29, 0.717) is 19.0 Å². The SMILES string of the molecule is C[C@@H]1CCC[C@@]2(C)C[C@H]3OC(=O)[C@H](CNCc4ccco4)[C@@H]3[C@H]3O[C@@]132. The van der Waals surface area contributed by atoms with Crippen molar-refractivity contribution in [1.82, 2.24) is 5.32 Å². The average Bonchev–Trinajstić information content (AvgIpc) is 2.97. The van der Waals surface area contributed by atoms with E-state index in [-0.39, 0.29) is 41.0 Å². The molecule has 5 rings (SSSR count). The number of carbonyl (C=O) groups is 1. The summed E-state index contributed by atoms with van der Waals surface area (Å²) in [5, 5.41) is 3.37. The molecule has 5 heteroatoms. The summed E-state index contributed by atoms with van der Waals surface area (Å²) in [4.78, 5) is 12.5. The van der Waals surface area contributed by atoms with Crippen LogP contribution in [0.1, 0.15) is 45.3 Å². The molecular weight excluding hydrogens is 318 g/mol. The first-order chi connectivity index (χ1) is 12.1. The fourth-order valence-electron chi connectivity index (χ4n) is 6.23. The lowest BCUT2D eigenvalue weighted by molar-refractivity contribution is -0.146. The van der Waals surface area contributed by atoms with Crippen LogP contribution >= 0.6 is 0 Å². The summed E-state index contributed by atoms with van der Waals surface area (Å²) in [6.45, 7) is 5.95. The number of esters is 1. The molecule has 2 aliphatic heterocycles. The lowest BCUT2D eigenvalue weighted by Gasteiger charge is -2.48. The van der Waals surface area contributed by atoms with Gasteiger partial charge in [0.25, 0.3) is 0 Å². The standard InChI is InChI=1S/C20H27NO4/c1-12-5-3-7-19(2)9-15-16(17-20(12,19)25-17)14(18(22)24-15)11-21-10-13-6-4-8-23-13/h4,6,8,12,14-17,21H,3,5,7,9-11H2,1-2H3/t12-,14-,15-,16+,17-,19+,20+/m1/s1. The molecule has 0 bridgehead atoms. The number of hydrogen-bond donors (Lipinski definition) is 1. The minimum absolute atomic E-state index is 0.0142. The van der Waals surface area contributed by atoms with Gasteiger partial charge in [-0.2, -0.15) is 0 Å². The summed E-state index contributed by atoms with van der Waals surface area (Å²) in [6.07, 6.45) is 6.53. The predicted octanol–water partition coefficient (Wildman–Crippen LogP) is 2.89. The normalized spacial score (nSPS) is 47.6. The van der Waals surface area contributed by atoms with Gasteiger partial charge in [-0.15, -0.1) is 0 Å². The van der Waals surface area contributed by atoms with Gasteiger partial charge in [-0.3, -0.25) is 4.79 Å². The number of rotatable bonds is 4. The molecule has 1 N–H and O–H groups in total. The van der Waals surface area contributed by atoms with Crippen molar-refractivity contribution in [3.63, 3.8) is 0 Å². The van der Waals surface area contributed by atoms with Gasteiger partial charge >= 0.3 is 5.97 Å². The first-order valence-electron chi connectivity index (χ1n) is 9.66. The quantitative estimate of drug-likeness (QED) is 0.671. The number of fused-ring (bicyclic) bond motifs is 2. The van der Waals surface area contributed by atoms with Gasteiger partial charge in [0.15, 0.2) is 0 Å². The molecule has 0 amide bonds. The molecule has 4 aliphatic rings. The molecule has 0 aromatic carbocycles. The van der Waals surface area contributed by atoms with Crippen LogP contribution in [0.2, 0.25) is 0 Å². The topological polar surface area (TPSA) is 64.0 Å². The maximum atomic E-state index is 12.5. The van der Waals surface area contributed by atoms with E-state index < -0.39 is 0 Å². The number of hydrogen-bond acceptors (Lipinski definition) is 5. The van der Waals surface area contributed by atoms with E-state index in [4.69, 9.17) is 13.9 Å². The Labute approximate surface area is 148 Å². The van der Waals surface area contributed by atoms with Crippen molar-refractivity contribution in [2.45, 2.75) is 63.9 Å². The highest BCUT2D eigenvalue weighted by molar-refractivity contribution is 5.76. The first kappa shape index (κ1) is 15.9. The summed E-state index contributed by atoms with van der Waals surface area (Å²) in [5.41, 5.74) is 0.146. The summed E-state index contributed by atoms with van der Waals surface area (Å²) in [6, 6.07) is 3.82. The van der Waals surface area contributed by atoms with Crippen LogP contribution in [-0.2, 0) is 20.8 Å². The van der Waals surface area contributed by atoms with Gasteiger partial charge in [0, 0.05) is 17.9 Å². The maximum Gasteiger partial charge on any atom is 0.311 e. The van der Waals surface area contributed by atoms with Crippen LogP contribution in [0, 0.1) is 23.2 Å². The van der Waals surface area contributed by atoms with Crippen molar-refractivity contribution in [3.05, 3.63) is 24.2 Å². The monoisotopic (exact) mass is 345 g/mol. The molecule has 1 aromatic rings. The Morgan fingerprint density at radius 1 is 1.40 bits per heavy atom. The Hall–Kier alpha value is -1.33. The summed E-state index contributed by atoms with van der Waals surface area (Å²) < 4.78 is 17.6. The molecule has 7 atom stereocenters. The third-order valence-corrected chi connectivity index (χ3v) is 7.44. The minimum atomic E-state index is -0.108. The van der Waals surface area contributed by atoms with Crippen molar-refractivity contribution in [1.29, 1.82) is 0 Å². The molecule has 4 fully saturated rings. The van der Waals surface area contributed by atoms with Crippen molar-refractivity contribution >= 4 is 5.97 Å². The van der Waals surface area contributed by atoms with Crippen LogP contribution in [0.3, 0.4) is 0 Å². The summed E-state index contributed by atoms with van der Waals surface area (Å²) in [5.74, 6) is 1.50. The van der Waals surface area contributed by atoms with Crippen molar-refractivity contribution < 1.29 is 18.7 Å². The first-order valence-corrected chi connectivity index (χ1v) is 9.66. The minimum Gasteiger partial charge on any atom is -0.468 e. The highest BCUT2D eigenvalue weighted by atomic mass is 16.6. The second kappa shape index (κ2) is 5.34. The van der Waals surface area contributed by atoms with E-state index in [9.17, 15) is 4.79 Å². The van der Waals surface area contributed by atoms with Crippen LogP contribution in [-0.4, -0.2) is 30.3 Å². The fraction of sp³-hybridized carbons (Fsp3) is 0.750. The van der Waals surface area contributed by atoms with Gasteiger partial charge in [-0.1, -0.05) is 20.3 Å². The zero-order valence-electron chi connectivity index (χ0n) is 15.0. The van der Waals surface area contributed by atoms with E-state index in [1.165, 1.54) is 19.3 Å². The maximum absolute atomic E-state index is 12.5. The second-order valence-corrected chi connectivity index (χ2v) is 8.76. The van der Waals surface area contributed by atoms with Gasteiger partial charge in [0.1, 0.15) is 17.5 Å². The van der Waals surface area contributed by atoms with Crippen LogP contribution in [0.5, 0.6) is 0 Å². The molecular formula is C20H27NO4. The Balaban J connectivity index is 1.33. The fourth-order valence-corrected chi connectivity index (χ4v) is 6.23. The van der Waals surface area contributed by atoms with Crippen LogP contribution in [0.15, 0.2) is 22.8 Å². The van der Waals surface area contributed by atoms with Gasteiger partial charge in [-0.05, 0) is 37.3 Å². The number of nitrogens with one attached hydrogen (secondary N) is 1. The van der Waals surface area contributed by atoms with Gasteiger partial charge in [0.05, 0.1) is 24.8 Å². The number of epoxide rings is 1. The van der Waals surface area contributed by atoms with Gasteiger partial charge < -0.3 is 19.2 Å². The Morgan fingerprint density at radius 2 is 2.28 bits per heavy atom. The van der Waals surface area contributed by atoms with E-state index >= 15 is 0 Å². The highest BCUT2D eigenvalue weighted by Gasteiger charge is 2.78. The molecule has 0 radical (unpaired) electrons. The predicted molar refractivity (Wildman–Crippen MR) is 90.6 cm³/mol. The van der Waals surface area contributed by atoms with Gasteiger partial charge in [0.2, 0.25) is 0 Å². The number of furan rings is 1. The number of carbonyl (C=O) groups excluding carboxylic acids is 1. The van der Waals surface area contributed by atoms with Crippen molar-refractivity contribution in [3.8, 4) is 0 Å². The Bertz CT molecular complexity index is 673. The molecule has 0 unspecified atom stereocenters. The second-order valence-electron chi connectivity index (χ2n) is 8.76. The Morgan fingerprint density at radius 3 is 3.08 bits per heavy atom. The van der Waals surface area contributed by atoms with E-state index in [0.717, 1.165) is 12.2 Å². The Kier molecular flexibility index (Phi) is 3.39. The molecule has 1 spiro atoms.